The van der Waals surface area contributed by atoms with Crippen LogP contribution in [0.5, 0.6) is 0 Å². The predicted octanol–water partition coefficient (Wildman–Crippen LogP) is 13.4. The van der Waals surface area contributed by atoms with Crippen molar-refractivity contribution < 1.29 is 34.8 Å². The molecular formula is C40H31F6O2PS2. The van der Waals surface area contributed by atoms with Crippen molar-refractivity contribution in [3.8, 4) is 0 Å². The Morgan fingerprint density at radius 1 is 0.490 bits per heavy atom. The SMILES string of the molecule is Cc1ccc([S+](c2ccc(C(=O)c3ccccc3)cc2)c2cc(C)ccc2Sc2ccc(C(=O)c3ccccc3)cc2)cc1.F[P-](F)(F)(F)(F)F. The number of hydrogen-bond acceptors (Lipinski definition) is 3. The van der Waals surface area contributed by atoms with Gasteiger partial charge in [0.05, 0.1) is 4.90 Å². The van der Waals surface area contributed by atoms with Gasteiger partial charge in [0.25, 0.3) is 0 Å². The van der Waals surface area contributed by atoms with Gasteiger partial charge in [-0.15, -0.1) is 0 Å². The fourth-order valence-electron chi connectivity index (χ4n) is 4.98. The summed E-state index contributed by atoms with van der Waals surface area (Å²) in [6.45, 7) is 4.23. The molecule has 0 bridgehead atoms. The number of aryl methyl sites for hydroxylation is 2. The molecule has 0 amide bonds. The van der Waals surface area contributed by atoms with E-state index in [1.807, 2.05) is 97.1 Å². The van der Waals surface area contributed by atoms with Crippen LogP contribution in [0.1, 0.15) is 43.0 Å². The molecule has 51 heavy (non-hydrogen) atoms. The molecule has 262 valence electrons. The Hall–Kier alpha value is -4.63. The molecule has 0 aliphatic carbocycles. The van der Waals surface area contributed by atoms with E-state index in [1.165, 1.54) is 20.9 Å². The maximum absolute atomic E-state index is 13.1. The molecule has 0 fully saturated rings. The molecule has 1 atom stereocenters. The average Bonchev–Trinajstić information content (AvgIpc) is 3.10. The van der Waals surface area contributed by atoms with E-state index in [-0.39, 0.29) is 11.6 Å². The van der Waals surface area contributed by atoms with Crippen LogP contribution < -0.4 is 0 Å². The average molecular weight is 753 g/mol. The topological polar surface area (TPSA) is 34.1 Å². The Labute approximate surface area is 299 Å². The zero-order chi connectivity index (χ0) is 36.9. The summed E-state index contributed by atoms with van der Waals surface area (Å²) in [4.78, 5) is 31.9. The number of carbonyl (C=O) groups excluding carboxylic acids is 2. The van der Waals surface area contributed by atoms with Gasteiger partial charge in [-0.2, -0.15) is 0 Å². The van der Waals surface area contributed by atoms with Gasteiger partial charge in [-0.25, -0.2) is 0 Å². The second-order valence-corrected chi connectivity index (χ2v) is 16.6. The Morgan fingerprint density at radius 3 is 1.31 bits per heavy atom. The van der Waals surface area contributed by atoms with Crippen LogP contribution >= 0.6 is 19.6 Å². The summed E-state index contributed by atoms with van der Waals surface area (Å²) in [7, 11) is -11.1. The van der Waals surface area contributed by atoms with Crippen LogP contribution in [0.25, 0.3) is 0 Å². The standard InChI is InChI=1S/C40H31O2S2.F6P/c1-28-13-22-35(23-14-28)44(36-24-18-33(19-25-36)40(42)31-11-7-4-8-12-31)38-27-29(2)15-26-37(38)43-34-20-16-32(17-21-34)39(41)30-9-5-3-6-10-30;1-7(2,3,4,5)6/h3-27H,1-2H3;/q+1;-1. The third-order valence-electron chi connectivity index (χ3n) is 7.34. The molecule has 0 spiro atoms. The fourth-order valence-corrected chi connectivity index (χ4v) is 8.35. The summed E-state index contributed by atoms with van der Waals surface area (Å²) >= 11 is 1.71. The van der Waals surface area contributed by atoms with Gasteiger partial charge < -0.3 is 0 Å². The molecule has 0 saturated heterocycles. The van der Waals surface area contributed by atoms with E-state index in [9.17, 15) is 34.8 Å². The zero-order valence-electron chi connectivity index (χ0n) is 27.3. The van der Waals surface area contributed by atoms with Crippen molar-refractivity contribution in [2.45, 2.75) is 38.3 Å². The summed E-state index contributed by atoms with van der Waals surface area (Å²) in [5.41, 5.74) is 5.13. The summed E-state index contributed by atoms with van der Waals surface area (Å²) in [5.74, 6) is 0.0432. The van der Waals surface area contributed by atoms with Crippen molar-refractivity contribution in [1.29, 1.82) is 0 Å². The first-order valence-electron chi connectivity index (χ1n) is 15.5. The van der Waals surface area contributed by atoms with Crippen LogP contribution in [0.15, 0.2) is 176 Å². The van der Waals surface area contributed by atoms with E-state index in [2.05, 4.69) is 68.4 Å². The number of benzene rings is 6. The second-order valence-electron chi connectivity index (χ2n) is 11.6. The molecule has 0 heterocycles. The Morgan fingerprint density at radius 2 is 0.863 bits per heavy atom. The van der Waals surface area contributed by atoms with Crippen molar-refractivity contribution in [1.82, 2.24) is 0 Å². The van der Waals surface area contributed by atoms with Crippen molar-refractivity contribution >= 4 is 42.0 Å². The van der Waals surface area contributed by atoms with E-state index < -0.39 is 18.7 Å². The van der Waals surface area contributed by atoms with Crippen molar-refractivity contribution in [3.05, 3.63) is 185 Å². The molecule has 0 aromatic heterocycles. The first-order valence-corrected chi connectivity index (χ1v) is 19.5. The van der Waals surface area contributed by atoms with E-state index in [4.69, 9.17) is 0 Å². The van der Waals surface area contributed by atoms with E-state index in [0.29, 0.717) is 22.3 Å². The predicted molar refractivity (Wildman–Crippen MR) is 195 cm³/mol. The summed E-state index contributed by atoms with van der Waals surface area (Å²) in [5, 5.41) is 0. The van der Waals surface area contributed by atoms with Crippen LogP contribution in [0.4, 0.5) is 25.2 Å². The Bertz CT molecular complexity index is 2130. The van der Waals surface area contributed by atoms with Crippen LogP contribution in [0.2, 0.25) is 0 Å². The first-order chi connectivity index (χ1) is 23.9. The molecule has 0 N–H and O–H groups in total. The van der Waals surface area contributed by atoms with E-state index in [1.54, 1.807) is 11.8 Å². The molecular weight excluding hydrogens is 722 g/mol. The quantitative estimate of drug-likeness (QED) is 0.0638. The molecule has 6 aromatic rings. The monoisotopic (exact) mass is 752 g/mol. The summed E-state index contributed by atoms with van der Waals surface area (Å²) < 4.78 is 59.2. The zero-order valence-corrected chi connectivity index (χ0v) is 29.8. The molecule has 0 aliphatic heterocycles. The third kappa shape index (κ3) is 11.4. The van der Waals surface area contributed by atoms with Gasteiger partial charge in [0.1, 0.15) is 10.9 Å². The van der Waals surface area contributed by atoms with Gasteiger partial charge >= 0.3 is 33.0 Å². The van der Waals surface area contributed by atoms with Crippen LogP contribution in [0, 0.1) is 13.8 Å². The number of hydrogen-bond donors (Lipinski definition) is 0. The van der Waals surface area contributed by atoms with Gasteiger partial charge in [0.15, 0.2) is 26.3 Å². The third-order valence-corrected chi connectivity index (χ3v) is 10.8. The van der Waals surface area contributed by atoms with E-state index in [0.717, 1.165) is 14.7 Å². The van der Waals surface area contributed by atoms with Gasteiger partial charge in [0.2, 0.25) is 0 Å². The Kier molecular flexibility index (Phi) is 10.7. The van der Waals surface area contributed by atoms with Gasteiger partial charge in [-0.3, -0.25) is 9.59 Å². The second kappa shape index (κ2) is 14.5. The summed E-state index contributed by atoms with van der Waals surface area (Å²) in [6.07, 6.45) is 0. The first kappa shape index (κ1) is 37.6. The summed E-state index contributed by atoms with van der Waals surface area (Å²) in [6, 6.07) is 50.1. The fraction of sp³-hybridized carbons (Fsp3) is 0.0500. The molecule has 0 radical (unpaired) electrons. The van der Waals surface area contributed by atoms with E-state index >= 15 is 0 Å². The number of rotatable bonds is 9. The van der Waals surface area contributed by atoms with Crippen LogP contribution in [0.3, 0.4) is 0 Å². The maximum atomic E-state index is 13.1. The van der Waals surface area contributed by atoms with Gasteiger partial charge in [-0.05, 0) is 92.2 Å². The van der Waals surface area contributed by atoms with Crippen molar-refractivity contribution in [2.75, 3.05) is 0 Å². The van der Waals surface area contributed by atoms with Crippen molar-refractivity contribution in [3.63, 3.8) is 0 Å². The molecule has 1 unspecified atom stereocenters. The van der Waals surface area contributed by atoms with Gasteiger partial charge in [0, 0.05) is 27.1 Å². The number of halogens is 6. The van der Waals surface area contributed by atoms with Crippen molar-refractivity contribution in [2.24, 2.45) is 0 Å². The van der Waals surface area contributed by atoms with Gasteiger partial charge in [-0.1, -0.05) is 96.2 Å². The molecule has 11 heteroatoms. The normalized spacial score (nSPS) is 13.2. The molecule has 6 aromatic carbocycles. The molecule has 2 nitrogen and oxygen atoms in total. The molecule has 0 aliphatic rings. The molecule has 0 saturated carbocycles. The van der Waals surface area contributed by atoms with Crippen LogP contribution in [-0.4, -0.2) is 11.6 Å². The number of carbonyl (C=O) groups is 2. The van der Waals surface area contributed by atoms with Crippen LogP contribution in [-0.2, 0) is 10.9 Å². The minimum absolute atomic E-state index is 0.0216. The minimum atomic E-state index is -10.7. The number of ketones is 2. The Balaban J connectivity index is 0.000000654. The molecule has 6 rings (SSSR count).